The minimum Gasteiger partial charge on any atom is -0.456 e. The van der Waals surface area contributed by atoms with E-state index in [9.17, 15) is 0 Å². The van der Waals surface area contributed by atoms with E-state index in [1.165, 1.54) is 30.9 Å². The van der Waals surface area contributed by atoms with Gasteiger partial charge in [0.2, 0.25) is 0 Å². The molecule has 0 radical (unpaired) electrons. The number of hydrogen-bond acceptors (Lipinski definition) is 3. The molecule has 0 bridgehead atoms. The summed E-state index contributed by atoms with van der Waals surface area (Å²) in [4.78, 5) is 0. The van der Waals surface area contributed by atoms with Crippen LogP contribution in [0, 0.1) is 0 Å². The van der Waals surface area contributed by atoms with Crippen LogP contribution < -0.4 is 0 Å². The molecule has 7 aromatic rings. The van der Waals surface area contributed by atoms with Gasteiger partial charge >= 0.3 is 0 Å². The molecule has 4 aromatic carbocycles. The first kappa shape index (κ1) is 12.3. The van der Waals surface area contributed by atoms with Crippen molar-refractivity contribution in [2.45, 2.75) is 0 Å². The molecule has 0 amide bonds. The maximum atomic E-state index is 6.53. The summed E-state index contributed by atoms with van der Waals surface area (Å²) in [6, 6.07) is 21.1. The summed E-state index contributed by atoms with van der Waals surface area (Å²) in [7, 11) is 0. The number of benzene rings is 4. The lowest BCUT2D eigenvalue weighted by atomic mass is 10.0. The molecular weight excluding hydrogens is 328 g/mol. The van der Waals surface area contributed by atoms with E-state index in [0.717, 1.165) is 33.1 Å². The molecule has 0 fully saturated rings. The second-order valence-corrected chi connectivity index (χ2v) is 7.63. The van der Waals surface area contributed by atoms with Gasteiger partial charge in [0.05, 0.1) is 5.39 Å². The van der Waals surface area contributed by atoms with Gasteiger partial charge in [-0.1, -0.05) is 30.3 Å². The van der Waals surface area contributed by atoms with Crippen LogP contribution in [0.2, 0.25) is 0 Å². The van der Waals surface area contributed by atoms with Gasteiger partial charge in [0.15, 0.2) is 0 Å². The molecule has 0 unspecified atom stereocenters. The number of thiophene rings is 1. The Morgan fingerprint density at radius 3 is 2.40 bits per heavy atom. The minimum atomic E-state index is 0.877. The van der Waals surface area contributed by atoms with E-state index in [-0.39, 0.29) is 0 Å². The summed E-state index contributed by atoms with van der Waals surface area (Å²) < 4.78 is 15.2. The van der Waals surface area contributed by atoms with E-state index < -0.39 is 0 Å². The minimum absolute atomic E-state index is 0.877. The van der Waals surface area contributed by atoms with Crippen LogP contribution in [0.3, 0.4) is 0 Å². The molecule has 0 N–H and O–H groups in total. The fourth-order valence-electron chi connectivity index (χ4n) is 4.22. The molecule has 0 aliphatic rings. The maximum Gasteiger partial charge on any atom is 0.144 e. The lowest BCUT2D eigenvalue weighted by molar-refractivity contribution is 0.659. The summed E-state index contributed by atoms with van der Waals surface area (Å²) in [5, 5.41) is 7.12. The van der Waals surface area contributed by atoms with Crippen LogP contribution in [0.15, 0.2) is 69.5 Å². The summed E-state index contributed by atoms with van der Waals surface area (Å²) in [5.41, 5.74) is 3.66. The Morgan fingerprint density at radius 2 is 1.44 bits per heavy atom. The number of fused-ring (bicyclic) bond motifs is 2. The van der Waals surface area contributed by atoms with Crippen molar-refractivity contribution in [1.29, 1.82) is 0 Å². The van der Waals surface area contributed by atoms with Crippen molar-refractivity contribution < 1.29 is 8.83 Å². The zero-order valence-electron chi connectivity index (χ0n) is 13.0. The largest absolute Gasteiger partial charge is 0.456 e. The van der Waals surface area contributed by atoms with Crippen molar-refractivity contribution in [1.82, 2.24) is 0 Å². The van der Waals surface area contributed by atoms with Gasteiger partial charge in [-0.3, -0.25) is 0 Å². The molecule has 0 saturated heterocycles. The second-order valence-electron chi connectivity index (χ2n) is 6.55. The molecule has 0 saturated carbocycles. The maximum absolute atomic E-state index is 6.53. The molecule has 3 aromatic heterocycles. The van der Waals surface area contributed by atoms with Crippen molar-refractivity contribution in [3.05, 3.63) is 60.7 Å². The Labute approximate surface area is 145 Å². The Bertz CT molecular complexity index is 1590. The highest BCUT2D eigenvalue weighted by Gasteiger charge is 2.21. The number of furan rings is 1. The predicted molar refractivity (Wildman–Crippen MR) is 105 cm³/mol. The number of hydrogen-bond donors (Lipinski definition) is 0. The number of rotatable bonds is 0. The topological polar surface area (TPSA) is 26.3 Å². The first-order valence-electron chi connectivity index (χ1n) is 8.28. The van der Waals surface area contributed by atoms with Gasteiger partial charge in [-0.15, -0.1) is 11.3 Å². The van der Waals surface area contributed by atoms with Gasteiger partial charge in [0, 0.05) is 30.9 Å². The highest BCUT2D eigenvalue weighted by Crippen LogP contribution is 2.48. The molecule has 3 heterocycles. The average Bonchev–Trinajstić information content (AvgIpc) is 3.13. The Hall–Kier alpha value is -3.04. The third-order valence-electron chi connectivity index (χ3n) is 5.23. The van der Waals surface area contributed by atoms with E-state index in [1.54, 1.807) is 0 Å². The average molecular weight is 338 g/mol. The van der Waals surface area contributed by atoms with E-state index >= 15 is 0 Å². The summed E-state index contributed by atoms with van der Waals surface area (Å²) in [6.07, 6.45) is 0. The fraction of sp³-hybridized carbons (Fsp3) is 0. The SMILES string of the molecule is c1ccc2c(c1)cc1sc3ccc4oc5cccc6oc2c1c3c4c56. The molecule has 116 valence electrons. The van der Waals surface area contributed by atoms with Crippen molar-refractivity contribution in [3.63, 3.8) is 0 Å². The summed E-state index contributed by atoms with van der Waals surface area (Å²) in [6.45, 7) is 0. The summed E-state index contributed by atoms with van der Waals surface area (Å²) in [5.74, 6) is 0. The van der Waals surface area contributed by atoms with Crippen molar-refractivity contribution in [3.8, 4) is 0 Å². The van der Waals surface area contributed by atoms with Crippen molar-refractivity contribution in [2.75, 3.05) is 0 Å². The van der Waals surface area contributed by atoms with Crippen molar-refractivity contribution >= 4 is 75.4 Å². The third kappa shape index (κ3) is 1.34. The molecule has 25 heavy (non-hydrogen) atoms. The Kier molecular flexibility index (Phi) is 1.95. The van der Waals surface area contributed by atoms with Crippen LogP contribution in [0.25, 0.3) is 64.0 Å². The standard InChI is InChI=1S/C22H10O2S/c1-2-5-12-11(4-1)10-17-21-20-16(25-17)9-8-15-19(20)18-13(23-15)6-3-7-14(18)24-22(12)21/h1-10H. The van der Waals surface area contributed by atoms with Crippen LogP contribution in [0.4, 0.5) is 0 Å². The van der Waals surface area contributed by atoms with Crippen LogP contribution >= 0.6 is 11.3 Å². The molecule has 0 aliphatic carbocycles. The van der Waals surface area contributed by atoms with Crippen LogP contribution in [0.1, 0.15) is 0 Å². The van der Waals surface area contributed by atoms with Gasteiger partial charge < -0.3 is 8.83 Å². The van der Waals surface area contributed by atoms with Gasteiger partial charge in [-0.05, 0) is 35.7 Å². The van der Waals surface area contributed by atoms with Gasteiger partial charge in [0.1, 0.15) is 22.3 Å². The monoisotopic (exact) mass is 338 g/mol. The van der Waals surface area contributed by atoms with Crippen LogP contribution in [0.5, 0.6) is 0 Å². The Morgan fingerprint density at radius 1 is 0.600 bits per heavy atom. The highest BCUT2D eigenvalue weighted by molar-refractivity contribution is 7.26. The van der Waals surface area contributed by atoms with E-state index in [2.05, 4.69) is 42.5 Å². The fourth-order valence-corrected chi connectivity index (χ4v) is 5.38. The summed E-state index contributed by atoms with van der Waals surface area (Å²) >= 11 is 1.83. The van der Waals surface area contributed by atoms with E-state index in [4.69, 9.17) is 8.83 Å². The zero-order chi connectivity index (χ0) is 16.1. The van der Waals surface area contributed by atoms with Crippen LogP contribution in [-0.2, 0) is 0 Å². The third-order valence-corrected chi connectivity index (χ3v) is 6.34. The predicted octanol–water partition coefficient (Wildman–Crippen LogP) is 7.29. The first-order chi connectivity index (χ1) is 12.4. The molecule has 0 aliphatic heterocycles. The molecular formula is C22H10O2S. The van der Waals surface area contributed by atoms with Gasteiger partial charge in [-0.25, -0.2) is 0 Å². The highest BCUT2D eigenvalue weighted by atomic mass is 32.1. The molecule has 2 nitrogen and oxygen atoms in total. The lowest BCUT2D eigenvalue weighted by Gasteiger charge is -2.01. The second kappa shape index (κ2) is 3.95. The van der Waals surface area contributed by atoms with Gasteiger partial charge in [0.25, 0.3) is 0 Å². The Balaban J connectivity index is 2.02. The smallest absolute Gasteiger partial charge is 0.144 e. The quantitative estimate of drug-likeness (QED) is 0.290. The molecule has 0 atom stereocenters. The molecule has 0 spiro atoms. The molecule has 3 heteroatoms. The van der Waals surface area contributed by atoms with Gasteiger partial charge in [-0.2, -0.15) is 0 Å². The van der Waals surface area contributed by atoms with E-state index in [1.807, 2.05) is 29.5 Å². The lowest BCUT2D eigenvalue weighted by Crippen LogP contribution is -1.75. The van der Waals surface area contributed by atoms with Crippen LogP contribution in [-0.4, -0.2) is 0 Å². The zero-order valence-corrected chi connectivity index (χ0v) is 13.8. The van der Waals surface area contributed by atoms with E-state index in [0.29, 0.717) is 0 Å². The first-order valence-corrected chi connectivity index (χ1v) is 9.10. The normalized spacial score (nSPS) is 12.8. The molecule has 7 rings (SSSR count). The van der Waals surface area contributed by atoms with Crippen molar-refractivity contribution in [2.24, 2.45) is 0 Å².